The van der Waals surface area contributed by atoms with Gasteiger partial charge in [0.15, 0.2) is 0 Å². The molecule has 0 aliphatic heterocycles. The Balaban J connectivity index is 1.97. The maximum absolute atomic E-state index is 14.0. The van der Waals surface area contributed by atoms with Crippen molar-refractivity contribution in [2.75, 3.05) is 0 Å². The Morgan fingerprint density at radius 2 is 1.96 bits per heavy atom. The highest BCUT2D eigenvalue weighted by molar-refractivity contribution is 7.89. The molecule has 0 amide bonds. The molecule has 0 atom stereocenters. The van der Waals surface area contributed by atoms with Crippen LogP contribution in [-0.4, -0.2) is 23.7 Å². The number of hydrogen-bond donors (Lipinski definition) is 0. The fourth-order valence-corrected chi connectivity index (χ4v) is 4.20. The number of aromatic nitrogens is 1. The molecule has 1 saturated carbocycles. The third kappa shape index (κ3) is 3.50. The van der Waals surface area contributed by atoms with Crippen LogP contribution in [0.5, 0.6) is 0 Å². The van der Waals surface area contributed by atoms with E-state index in [1.165, 1.54) is 34.8 Å². The lowest BCUT2D eigenvalue weighted by Crippen LogP contribution is -2.33. The zero-order valence-electron chi connectivity index (χ0n) is 11.9. The molecule has 1 aliphatic carbocycles. The van der Waals surface area contributed by atoms with Crippen molar-refractivity contribution in [1.29, 1.82) is 0 Å². The Hall–Kier alpha value is -1.21. The van der Waals surface area contributed by atoms with Crippen LogP contribution in [0.25, 0.3) is 0 Å². The van der Waals surface area contributed by atoms with Gasteiger partial charge in [0.1, 0.15) is 15.9 Å². The lowest BCUT2D eigenvalue weighted by atomic mass is 10.2. The summed E-state index contributed by atoms with van der Waals surface area (Å²) in [6.45, 7) is -0.110. The highest BCUT2D eigenvalue weighted by Gasteiger charge is 2.39. The fourth-order valence-electron chi connectivity index (χ4n) is 2.26. The van der Waals surface area contributed by atoms with Gasteiger partial charge in [0.25, 0.3) is 0 Å². The number of halogens is 3. The Bertz CT molecular complexity index is 804. The molecule has 0 saturated heterocycles. The van der Waals surface area contributed by atoms with Gasteiger partial charge in [0, 0.05) is 29.4 Å². The van der Waals surface area contributed by atoms with E-state index in [0.717, 1.165) is 12.8 Å². The molecule has 4 nitrogen and oxygen atoms in total. The zero-order valence-corrected chi connectivity index (χ0v) is 14.2. The van der Waals surface area contributed by atoms with Crippen LogP contribution in [0.15, 0.2) is 41.4 Å². The molecule has 1 aromatic carbocycles. The summed E-state index contributed by atoms with van der Waals surface area (Å²) in [5.74, 6) is -0.521. The van der Waals surface area contributed by atoms with Crippen molar-refractivity contribution in [3.63, 3.8) is 0 Å². The molecule has 0 bridgehead atoms. The SMILES string of the molecule is O=S(=O)(c1ccc(Cl)nc1)N(Cc1c(F)cccc1Cl)C1CC1. The number of hydrogen-bond acceptors (Lipinski definition) is 3. The van der Waals surface area contributed by atoms with E-state index in [4.69, 9.17) is 23.2 Å². The Kier molecular flexibility index (Phi) is 4.60. The molecule has 1 aromatic heterocycles. The van der Waals surface area contributed by atoms with Gasteiger partial charge in [0.05, 0.1) is 0 Å². The Labute approximate surface area is 143 Å². The molecular formula is C15H13Cl2FN2O2S. The molecule has 1 aliphatic rings. The van der Waals surface area contributed by atoms with Crippen LogP contribution < -0.4 is 0 Å². The van der Waals surface area contributed by atoms with Gasteiger partial charge in [-0.2, -0.15) is 4.31 Å². The lowest BCUT2D eigenvalue weighted by molar-refractivity contribution is 0.391. The molecule has 1 fully saturated rings. The second-order valence-electron chi connectivity index (χ2n) is 5.30. The third-order valence-corrected chi connectivity index (χ3v) is 6.10. The fraction of sp³-hybridized carbons (Fsp3) is 0.267. The smallest absolute Gasteiger partial charge is 0.243 e. The van der Waals surface area contributed by atoms with Crippen molar-refractivity contribution in [1.82, 2.24) is 9.29 Å². The highest BCUT2D eigenvalue weighted by Crippen LogP contribution is 2.35. The summed E-state index contributed by atoms with van der Waals surface area (Å²) < 4.78 is 40.9. The number of pyridine rings is 1. The molecule has 1 heterocycles. The minimum atomic E-state index is -3.80. The lowest BCUT2D eigenvalue weighted by Gasteiger charge is -2.22. The molecule has 2 aromatic rings. The molecule has 3 rings (SSSR count). The Morgan fingerprint density at radius 1 is 1.22 bits per heavy atom. The molecule has 0 N–H and O–H groups in total. The average molecular weight is 375 g/mol. The Morgan fingerprint density at radius 3 is 2.52 bits per heavy atom. The first-order valence-corrected chi connectivity index (χ1v) is 9.15. The highest BCUT2D eigenvalue weighted by atomic mass is 35.5. The van der Waals surface area contributed by atoms with E-state index in [0.29, 0.717) is 0 Å². The summed E-state index contributed by atoms with van der Waals surface area (Å²) in [7, 11) is -3.80. The third-order valence-electron chi connectivity index (χ3n) is 3.64. The number of rotatable bonds is 5. The molecule has 0 spiro atoms. The number of benzene rings is 1. The molecular weight excluding hydrogens is 362 g/mol. The summed E-state index contributed by atoms with van der Waals surface area (Å²) in [5, 5.41) is 0.416. The van der Waals surface area contributed by atoms with Crippen molar-refractivity contribution < 1.29 is 12.8 Å². The molecule has 0 unspecified atom stereocenters. The van der Waals surface area contributed by atoms with Gasteiger partial charge in [-0.25, -0.2) is 17.8 Å². The minimum Gasteiger partial charge on any atom is -0.243 e. The van der Waals surface area contributed by atoms with Gasteiger partial charge in [-0.05, 0) is 37.1 Å². The zero-order chi connectivity index (χ0) is 16.6. The monoisotopic (exact) mass is 374 g/mol. The van der Waals surface area contributed by atoms with Crippen LogP contribution >= 0.6 is 23.2 Å². The summed E-state index contributed by atoms with van der Waals surface area (Å²) in [6, 6.07) is 6.95. The largest absolute Gasteiger partial charge is 0.245 e. The molecule has 0 radical (unpaired) electrons. The van der Waals surface area contributed by atoms with Gasteiger partial charge in [-0.15, -0.1) is 0 Å². The van der Waals surface area contributed by atoms with Crippen LogP contribution in [0, 0.1) is 5.82 Å². The average Bonchev–Trinajstić information content (AvgIpc) is 3.31. The first-order valence-electron chi connectivity index (χ1n) is 6.96. The topological polar surface area (TPSA) is 50.3 Å². The molecule has 23 heavy (non-hydrogen) atoms. The van der Waals surface area contributed by atoms with E-state index in [1.807, 2.05) is 0 Å². The van der Waals surface area contributed by atoms with Gasteiger partial charge >= 0.3 is 0 Å². The van der Waals surface area contributed by atoms with Crippen molar-refractivity contribution in [3.05, 3.63) is 58.1 Å². The maximum atomic E-state index is 14.0. The second-order valence-corrected chi connectivity index (χ2v) is 7.98. The van der Waals surface area contributed by atoms with Crippen molar-refractivity contribution >= 4 is 33.2 Å². The first-order chi connectivity index (χ1) is 10.9. The van der Waals surface area contributed by atoms with E-state index >= 15 is 0 Å². The summed E-state index contributed by atoms with van der Waals surface area (Å²) >= 11 is 11.7. The quantitative estimate of drug-likeness (QED) is 0.746. The van der Waals surface area contributed by atoms with Crippen molar-refractivity contribution in [2.24, 2.45) is 0 Å². The van der Waals surface area contributed by atoms with E-state index < -0.39 is 15.8 Å². The maximum Gasteiger partial charge on any atom is 0.245 e. The first kappa shape index (κ1) is 16.6. The number of sulfonamides is 1. The summed E-state index contributed by atoms with van der Waals surface area (Å²) in [6.07, 6.45) is 2.69. The minimum absolute atomic E-state index is 0.0289. The molecule has 122 valence electrons. The normalized spacial score (nSPS) is 15.1. The van der Waals surface area contributed by atoms with Crippen LogP contribution in [0.2, 0.25) is 10.2 Å². The summed E-state index contributed by atoms with van der Waals surface area (Å²) in [5.41, 5.74) is 0.173. The standard InChI is InChI=1S/C15H13Cl2FN2O2S/c16-13-2-1-3-14(18)12(13)9-20(10-4-5-10)23(21,22)11-6-7-15(17)19-8-11/h1-3,6-8,10H,4-5,9H2. The van der Waals surface area contributed by atoms with Crippen LogP contribution in [-0.2, 0) is 16.6 Å². The summed E-state index contributed by atoms with van der Waals surface area (Å²) in [4.78, 5) is 3.84. The van der Waals surface area contributed by atoms with Crippen molar-refractivity contribution in [2.45, 2.75) is 30.3 Å². The van der Waals surface area contributed by atoms with E-state index in [-0.39, 0.29) is 33.2 Å². The van der Waals surface area contributed by atoms with Gasteiger partial charge in [-0.3, -0.25) is 0 Å². The van der Waals surface area contributed by atoms with Crippen molar-refractivity contribution in [3.8, 4) is 0 Å². The van der Waals surface area contributed by atoms with E-state index in [9.17, 15) is 12.8 Å². The van der Waals surface area contributed by atoms with Gasteiger partial charge in [0.2, 0.25) is 10.0 Å². The molecule has 8 heteroatoms. The van der Waals surface area contributed by atoms with E-state index in [1.54, 1.807) is 6.07 Å². The van der Waals surface area contributed by atoms with Crippen LogP contribution in [0.4, 0.5) is 4.39 Å². The van der Waals surface area contributed by atoms with E-state index in [2.05, 4.69) is 4.98 Å². The van der Waals surface area contributed by atoms with Crippen LogP contribution in [0.1, 0.15) is 18.4 Å². The number of nitrogens with zero attached hydrogens (tertiary/aromatic N) is 2. The van der Waals surface area contributed by atoms with Gasteiger partial charge < -0.3 is 0 Å². The van der Waals surface area contributed by atoms with Gasteiger partial charge in [-0.1, -0.05) is 29.3 Å². The second kappa shape index (κ2) is 6.36. The predicted octanol–water partition coefficient (Wildman–Crippen LogP) is 3.88. The van der Waals surface area contributed by atoms with Crippen LogP contribution in [0.3, 0.4) is 0 Å². The predicted molar refractivity (Wildman–Crippen MR) is 86.4 cm³/mol.